The van der Waals surface area contributed by atoms with Gasteiger partial charge in [-0.05, 0) is 63.9 Å². The third-order valence-electron chi connectivity index (χ3n) is 5.43. The summed E-state index contributed by atoms with van der Waals surface area (Å²) in [5.74, 6) is 0. The topological polar surface area (TPSA) is 72.2 Å². The summed E-state index contributed by atoms with van der Waals surface area (Å²) in [5.41, 5.74) is 7.18. The van der Waals surface area contributed by atoms with Crippen LogP contribution in [0.15, 0.2) is 57.2 Å². The number of aromatic nitrogens is 3. The minimum atomic E-state index is -0.561. The monoisotopic (exact) mass is 400 g/mol. The summed E-state index contributed by atoms with van der Waals surface area (Å²) in [5, 5.41) is 4.64. The quantitative estimate of drug-likeness (QED) is 0.530. The van der Waals surface area contributed by atoms with Crippen molar-refractivity contribution in [1.82, 2.24) is 14.2 Å². The number of hydrogen-bond acceptors (Lipinski definition) is 3. The summed E-state index contributed by atoms with van der Waals surface area (Å²) in [7, 11) is 0. The lowest BCUT2D eigenvalue weighted by molar-refractivity contribution is 0.771. The Morgan fingerprint density at radius 3 is 2.30 bits per heavy atom. The fourth-order valence-corrected chi connectivity index (χ4v) is 4.17. The molecule has 152 valence electrons. The second-order valence-corrected chi connectivity index (χ2v) is 7.75. The lowest BCUT2D eigenvalue weighted by Crippen LogP contribution is -2.32. The molecule has 6 nitrogen and oxygen atoms in total. The molecule has 2 heterocycles. The van der Waals surface area contributed by atoms with E-state index < -0.39 is 11.2 Å². The van der Waals surface area contributed by atoms with Gasteiger partial charge >= 0.3 is 5.69 Å². The maximum atomic E-state index is 12.7. The molecular weight excluding hydrogens is 376 g/mol. The Labute approximate surface area is 174 Å². The molecule has 2 aromatic carbocycles. The standard InChI is InChI=1S/C24H24N4O2/c1-14-10-15(2)22(16(3)11-14)27-17(4)12-19(18(27)5)13-25-28-23(29)20-8-6-7-9-21(20)26-24(28)30/h6-13H,1-5H3,(H,26,30). The summed E-state index contributed by atoms with van der Waals surface area (Å²) >= 11 is 0. The van der Waals surface area contributed by atoms with Gasteiger partial charge in [0.25, 0.3) is 5.56 Å². The summed E-state index contributed by atoms with van der Waals surface area (Å²) in [6.07, 6.45) is 1.57. The number of nitrogens with zero attached hydrogens (tertiary/aromatic N) is 3. The van der Waals surface area contributed by atoms with Gasteiger partial charge in [-0.2, -0.15) is 5.10 Å². The maximum absolute atomic E-state index is 12.7. The highest BCUT2D eigenvalue weighted by Gasteiger charge is 2.14. The highest BCUT2D eigenvalue weighted by atomic mass is 16.2. The van der Waals surface area contributed by atoms with Crippen LogP contribution in [-0.2, 0) is 0 Å². The van der Waals surface area contributed by atoms with Crippen molar-refractivity contribution >= 4 is 17.1 Å². The van der Waals surface area contributed by atoms with Gasteiger partial charge in [0.15, 0.2) is 0 Å². The third kappa shape index (κ3) is 3.20. The first-order valence-corrected chi connectivity index (χ1v) is 9.83. The van der Waals surface area contributed by atoms with Crippen molar-refractivity contribution in [3.05, 3.63) is 96.9 Å². The Hall–Kier alpha value is -3.67. The van der Waals surface area contributed by atoms with Crippen LogP contribution >= 0.6 is 0 Å². The average molecular weight is 400 g/mol. The number of para-hydroxylation sites is 1. The van der Waals surface area contributed by atoms with Crippen LogP contribution in [0.3, 0.4) is 0 Å². The van der Waals surface area contributed by atoms with E-state index in [4.69, 9.17) is 0 Å². The fourth-order valence-electron chi connectivity index (χ4n) is 4.17. The zero-order chi connectivity index (χ0) is 21.6. The van der Waals surface area contributed by atoms with E-state index in [-0.39, 0.29) is 0 Å². The lowest BCUT2D eigenvalue weighted by Gasteiger charge is -2.16. The minimum absolute atomic E-state index is 0.422. The van der Waals surface area contributed by atoms with E-state index in [9.17, 15) is 9.59 Å². The molecular formula is C24H24N4O2. The van der Waals surface area contributed by atoms with Gasteiger partial charge in [0, 0.05) is 17.0 Å². The lowest BCUT2D eigenvalue weighted by atomic mass is 10.0. The van der Waals surface area contributed by atoms with E-state index >= 15 is 0 Å². The van der Waals surface area contributed by atoms with Crippen LogP contribution in [0.2, 0.25) is 0 Å². The molecule has 0 amide bonds. The Bertz CT molecular complexity index is 1410. The summed E-state index contributed by atoms with van der Waals surface area (Å²) in [4.78, 5) is 27.8. The molecule has 6 heteroatoms. The zero-order valence-electron chi connectivity index (χ0n) is 17.8. The molecule has 4 aromatic rings. The largest absolute Gasteiger partial charge is 0.349 e. The maximum Gasteiger partial charge on any atom is 0.349 e. The molecule has 0 aliphatic heterocycles. The van der Waals surface area contributed by atoms with Gasteiger partial charge in [-0.1, -0.05) is 29.8 Å². The van der Waals surface area contributed by atoms with Crippen LogP contribution in [0.1, 0.15) is 33.6 Å². The van der Waals surface area contributed by atoms with Crippen LogP contribution in [0.4, 0.5) is 0 Å². The van der Waals surface area contributed by atoms with Gasteiger partial charge in [0.2, 0.25) is 0 Å². The van der Waals surface area contributed by atoms with Crippen molar-refractivity contribution in [2.24, 2.45) is 5.10 Å². The number of benzene rings is 2. The van der Waals surface area contributed by atoms with E-state index in [0.29, 0.717) is 10.9 Å². The number of rotatable bonds is 3. The normalized spacial score (nSPS) is 11.6. The molecule has 0 spiro atoms. The van der Waals surface area contributed by atoms with Crippen molar-refractivity contribution in [2.45, 2.75) is 34.6 Å². The Kier molecular flexibility index (Phi) is 4.78. The molecule has 0 aliphatic carbocycles. The van der Waals surface area contributed by atoms with Crippen molar-refractivity contribution in [2.75, 3.05) is 0 Å². The van der Waals surface area contributed by atoms with E-state index in [2.05, 4.69) is 47.6 Å². The first kappa shape index (κ1) is 19.6. The summed E-state index contributed by atoms with van der Waals surface area (Å²) in [6.45, 7) is 10.4. The first-order chi connectivity index (χ1) is 14.3. The molecule has 0 unspecified atom stereocenters. The van der Waals surface area contributed by atoms with E-state index in [1.165, 1.54) is 16.7 Å². The molecule has 0 fully saturated rings. The van der Waals surface area contributed by atoms with E-state index in [1.54, 1.807) is 30.5 Å². The van der Waals surface area contributed by atoms with E-state index in [1.807, 2.05) is 19.9 Å². The van der Waals surface area contributed by atoms with Crippen molar-refractivity contribution < 1.29 is 0 Å². The summed E-state index contributed by atoms with van der Waals surface area (Å²) < 4.78 is 3.07. The van der Waals surface area contributed by atoms with Crippen LogP contribution in [0.25, 0.3) is 16.6 Å². The molecule has 0 bridgehead atoms. The highest BCUT2D eigenvalue weighted by Crippen LogP contribution is 2.26. The SMILES string of the molecule is Cc1cc(C)c(-n2c(C)cc(C=Nn3c(=O)[nH]c4ccccc4c3=O)c2C)c(C)c1. The van der Waals surface area contributed by atoms with Gasteiger partial charge < -0.3 is 9.55 Å². The second-order valence-electron chi connectivity index (χ2n) is 7.75. The van der Waals surface area contributed by atoms with Crippen molar-refractivity contribution in [3.8, 4) is 5.69 Å². The smallest absolute Gasteiger partial charge is 0.317 e. The number of fused-ring (bicyclic) bond motifs is 1. The van der Waals surface area contributed by atoms with Crippen LogP contribution < -0.4 is 11.2 Å². The second kappa shape index (κ2) is 7.30. The van der Waals surface area contributed by atoms with E-state index in [0.717, 1.165) is 27.3 Å². The van der Waals surface area contributed by atoms with Crippen LogP contribution in [0, 0.1) is 34.6 Å². The van der Waals surface area contributed by atoms with Gasteiger partial charge in [-0.15, -0.1) is 4.68 Å². The molecule has 4 rings (SSSR count). The van der Waals surface area contributed by atoms with Crippen molar-refractivity contribution in [1.29, 1.82) is 0 Å². The van der Waals surface area contributed by atoms with Gasteiger partial charge in [0.05, 0.1) is 22.8 Å². The molecule has 0 atom stereocenters. The van der Waals surface area contributed by atoms with Crippen LogP contribution in [0.5, 0.6) is 0 Å². The fraction of sp³-hybridized carbons (Fsp3) is 0.208. The number of nitrogens with one attached hydrogen (secondary N) is 1. The Balaban J connectivity index is 1.83. The predicted molar refractivity (Wildman–Crippen MR) is 121 cm³/mol. The minimum Gasteiger partial charge on any atom is -0.317 e. The molecule has 2 aromatic heterocycles. The highest BCUT2D eigenvalue weighted by molar-refractivity contribution is 5.82. The molecule has 0 saturated carbocycles. The average Bonchev–Trinajstić information content (AvgIpc) is 2.95. The predicted octanol–water partition coefficient (Wildman–Crippen LogP) is 3.90. The number of H-pyrrole nitrogens is 1. The molecule has 1 N–H and O–H groups in total. The molecule has 0 saturated heterocycles. The first-order valence-electron chi connectivity index (χ1n) is 9.83. The molecule has 0 aliphatic rings. The van der Waals surface area contributed by atoms with Crippen LogP contribution in [-0.4, -0.2) is 20.4 Å². The number of hydrogen-bond donors (Lipinski definition) is 1. The molecule has 30 heavy (non-hydrogen) atoms. The zero-order valence-corrected chi connectivity index (χ0v) is 17.8. The summed E-state index contributed by atoms with van der Waals surface area (Å²) in [6, 6.07) is 13.3. The number of aryl methyl sites for hydroxylation is 4. The number of aromatic amines is 1. The third-order valence-corrected chi connectivity index (χ3v) is 5.43. The Morgan fingerprint density at radius 2 is 1.60 bits per heavy atom. The van der Waals surface area contributed by atoms with Crippen molar-refractivity contribution in [3.63, 3.8) is 0 Å². The van der Waals surface area contributed by atoms with Gasteiger partial charge in [-0.25, -0.2) is 4.79 Å². The van der Waals surface area contributed by atoms with Gasteiger partial charge in [0.1, 0.15) is 0 Å². The Morgan fingerprint density at radius 1 is 0.933 bits per heavy atom. The van der Waals surface area contributed by atoms with Gasteiger partial charge in [-0.3, -0.25) is 4.79 Å². The molecule has 0 radical (unpaired) electrons.